The molecule has 0 bridgehead atoms. The Morgan fingerprint density at radius 3 is 2.74 bits per heavy atom. The zero-order valence-corrected chi connectivity index (χ0v) is 11.6. The van der Waals surface area contributed by atoms with Crippen LogP contribution in [0.15, 0.2) is 24.3 Å². The van der Waals surface area contributed by atoms with Crippen molar-refractivity contribution in [2.24, 2.45) is 0 Å². The van der Waals surface area contributed by atoms with Crippen LogP contribution in [0.3, 0.4) is 0 Å². The summed E-state index contributed by atoms with van der Waals surface area (Å²) in [6.07, 6.45) is 1.05. The Morgan fingerprint density at radius 1 is 1.42 bits per heavy atom. The number of rotatable bonds is 5. The number of carbonyl (C=O) groups is 1. The molecule has 1 fully saturated rings. The van der Waals surface area contributed by atoms with E-state index >= 15 is 0 Å². The van der Waals surface area contributed by atoms with Gasteiger partial charge in [-0.3, -0.25) is 4.79 Å². The van der Waals surface area contributed by atoms with Gasteiger partial charge in [0.05, 0.1) is 31.7 Å². The summed E-state index contributed by atoms with van der Waals surface area (Å²) in [5, 5.41) is 9.85. The van der Waals surface area contributed by atoms with Crippen molar-refractivity contribution >= 4 is 5.91 Å². The van der Waals surface area contributed by atoms with E-state index in [0.717, 1.165) is 11.3 Å². The van der Waals surface area contributed by atoms with Gasteiger partial charge in [-0.05, 0) is 25.0 Å². The molecule has 0 aromatic heterocycles. The summed E-state index contributed by atoms with van der Waals surface area (Å²) in [6, 6.07) is 7.76. The van der Waals surface area contributed by atoms with Crippen molar-refractivity contribution in [3.05, 3.63) is 29.8 Å². The third kappa shape index (κ3) is 3.26. The predicted octanol–water partition coefficient (Wildman–Crippen LogP) is 1.75. The fourth-order valence-electron chi connectivity index (χ4n) is 2.19. The second-order valence-corrected chi connectivity index (χ2v) is 5.19. The summed E-state index contributed by atoms with van der Waals surface area (Å²) in [4.78, 5) is 13.5. The Bertz CT molecular complexity index is 452. The van der Waals surface area contributed by atoms with Gasteiger partial charge in [-0.2, -0.15) is 0 Å². The monoisotopic (exact) mass is 263 g/mol. The smallest absolute Gasteiger partial charge is 0.226 e. The molecule has 1 aliphatic heterocycles. The van der Waals surface area contributed by atoms with E-state index in [-0.39, 0.29) is 5.91 Å². The molecule has 0 radical (unpaired) electrons. The average Bonchev–Trinajstić information content (AvgIpc) is 2.37. The van der Waals surface area contributed by atoms with Crippen LogP contribution in [0.4, 0.5) is 0 Å². The lowest BCUT2D eigenvalue weighted by Crippen LogP contribution is -2.63. The molecule has 1 aromatic rings. The molecule has 104 valence electrons. The van der Waals surface area contributed by atoms with E-state index in [0.29, 0.717) is 32.5 Å². The molecular formula is C15H21NO3. The topological polar surface area (TPSA) is 49.8 Å². The molecule has 0 spiro atoms. The first-order chi connectivity index (χ1) is 9.04. The van der Waals surface area contributed by atoms with Gasteiger partial charge in [0.15, 0.2) is 0 Å². The van der Waals surface area contributed by atoms with Crippen molar-refractivity contribution in [1.82, 2.24) is 4.90 Å². The molecule has 1 saturated heterocycles. The number of likely N-dealkylation sites (tertiary alicyclic amines) is 1. The molecule has 0 aliphatic carbocycles. The minimum atomic E-state index is -0.660. The number of nitrogens with zero attached hydrogens (tertiary/aromatic N) is 1. The van der Waals surface area contributed by atoms with Crippen molar-refractivity contribution in [2.75, 3.05) is 19.7 Å². The molecule has 1 aliphatic rings. The molecule has 1 amide bonds. The molecule has 4 heteroatoms. The molecule has 1 heterocycles. The molecule has 0 atom stereocenters. The van der Waals surface area contributed by atoms with Crippen molar-refractivity contribution in [3.8, 4) is 5.75 Å². The van der Waals surface area contributed by atoms with Crippen LogP contribution < -0.4 is 4.74 Å². The van der Waals surface area contributed by atoms with E-state index in [9.17, 15) is 9.90 Å². The summed E-state index contributed by atoms with van der Waals surface area (Å²) in [6.45, 7) is 5.20. The van der Waals surface area contributed by atoms with Gasteiger partial charge >= 0.3 is 0 Å². The second kappa shape index (κ2) is 5.61. The fourth-order valence-corrected chi connectivity index (χ4v) is 2.19. The number of carbonyl (C=O) groups excluding carboxylic acids is 1. The Balaban J connectivity index is 1.72. The molecule has 0 unspecified atom stereocenters. The van der Waals surface area contributed by atoms with E-state index in [1.807, 2.05) is 38.1 Å². The molecule has 1 N–H and O–H groups in total. The van der Waals surface area contributed by atoms with Crippen LogP contribution in [0.1, 0.15) is 25.3 Å². The zero-order chi connectivity index (χ0) is 13.9. The third-order valence-electron chi connectivity index (χ3n) is 3.65. The summed E-state index contributed by atoms with van der Waals surface area (Å²) in [7, 11) is 0. The fraction of sp³-hybridized carbons (Fsp3) is 0.533. The van der Waals surface area contributed by atoms with Crippen LogP contribution in [0, 0.1) is 6.92 Å². The van der Waals surface area contributed by atoms with Crippen molar-refractivity contribution in [1.29, 1.82) is 0 Å². The van der Waals surface area contributed by atoms with Gasteiger partial charge in [-0.1, -0.05) is 25.1 Å². The number of aliphatic hydroxyl groups is 1. The van der Waals surface area contributed by atoms with Crippen molar-refractivity contribution in [2.45, 2.75) is 32.3 Å². The van der Waals surface area contributed by atoms with Gasteiger partial charge in [0.2, 0.25) is 5.91 Å². The van der Waals surface area contributed by atoms with E-state index in [2.05, 4.69) is 0 Å². The second-order valence-electron chi connectivity index (χ2n) is 5.19. The first kappa shape index (κ1) is 13.9. The average molecular weight is 263 g/mol. The number of para-hydroxylation sites is 1. The van der Waals surface area contributed by atoms with Crippen LogP contribution in [0.2, 0.25) is 0 Å². The molecule has 1 aromatic carbocycles. The lowest BCUT2D eigenvalue weighted by molar-refractivity contribution is -0.156. The first-order valence-corrected chi connectivity index (χ1v) is 6.73. The Labute approximate surface area is 114 Å². The summed E-state index contributed by atoms with van der Waals surface area (Å²) >= 11 is 0. The number of hydrogen-bond acceptors (Lipinski definition) is 3. The molecule has 2 rings (SSSR count). The SMILES string of the molecule is CCC1(O)CN(C(=O)CCOc2ccccc2C)C1. The number of hydrogen-bond donors (Lipinski definition) is 1. The molecule has 19 heavy (non-hydrogen) atoms. The Morgan fingerprint density at radius 2 is 2.11 bits per heavy atom. The quantitative estimate of drug-likeness (QED) is 0.880. The summed E-state index contributed by atoms with van der Waals surface area (Å²) in [5.74, 6) is 0.871. The minimum Gasteiger partial charge on any atom is -0.493 e. The third-order valence-corrected chi connectivity index (χ3v) is 3.65. The van der Waals surface area contributed by atoms with E-state index < -0.39 is 5.60 Å². The van der Waals surface area contributed by atoms with Crippen molar-refractivity contribution < 1.29 is 14.6 Å². The maximum Gasteiger partial charge on any atom is 0.226 e. The van der Waals surface area contributed by atoms with Gasteiger partial charge in [0, 0.05) is 0 Å². The van der Waals surface area contributed by atoms with Crippen LogP contribution in [-0.2, 0) is 4.79 Å². The van der Waals surface area contributed by atoms with Gasteiger partial charge in [0.1, 0.15) is 5.75 Å². The number of benzene rings is 1. The lowest BCUT2D eigenvalue weighted by atomic mass is 9.91. The highest BCUT2D eigenvalue weighted by atomic mass is 16.5. The van der Waals surface area contributed by atoms with Crippen LogP contribution in [-0.4, -0.2) is 41.2 Å². The number of ether oxygens (including phenoxy) is 1. The van der Waals surface area contributed by atoms with Crippen LogP contribution >= 0.6 is 0 Å². The number of amides is 1. The maximum atomic E-state index is 11.8. The Hall–Kier alpha value is -1.55. The van der Waals surface area contributed by atoms with Crippen LogP contribution in [0.5, 0.6) is 5.75 Å². The van der Waals surface area contributed by atoms with Crippen molar-refractivity contribution in [3.63, 3.8) is 0 Å². The normalized spacial score (nSPS) is 16.9. The predicted molar refractivity (Wildman–Crippen MR) is 73.1 cm³/mol. The zero-order valence-electron chi connectivity index (χ0n) is 11.6. The largest absolute Gasteiger partial charge is 0.493 e. The number of aryl methyl sites for hydroxylation is 1. The van der Waals surface area contributed by atoms with Gasteiger partial charge in [-0.25, -0.2) is 0 Å². The summed E-state index contributed by atoms with van der Waals surface area (Å²) < 4.78 is 5.59. The standard InChI is InChI=1S/C15H21NO3/c1-3-15(18)10-16(11-15)14(17)8-9-19-13-7-5-4-6-12(13)2/h4-7,18H,3,8-11H2,1-2H3. The molecule has 4 nitrogen and oxygen atoms in total. The van der Waals surface area contributed by atoms with E-state index in [4.69, 9.17) is 4.74 Å². The minimum absolute atomic E-state index is 0.0479. The first-order valence-electron chi connectivity index (χ1n) is 6.73. The highest BCUT2D eigenvalue weighted by Crippen LogP contribution is 2.24. The highest BCUT2D eigenvalue weighted by molar-refractivity contribution is 5.77. The lowest BCUT2D eigenvalue weighted by Gasteiger charge is -2.46. The molecular weight excluding hydrogens is 242 g/mol. The van der Waals surface area contributed by atoms with Gasteiger partial charge in [0.25, 0.3) is 0 Å². The molecule has 0 saturated carbocycles. The Kier molecular flexibility index (Phi) is 4.10. The van der Waals surface area contributed by atoms with Gasteiger partial charge < -0.3 is 14.7 Å². The highest BCUT2D eigenvalue weighted by Gasteiger charge is 2.41. The van der Waals surface area contributed by atoms with E-state index in [1.165, 1.54) is 0 Å². The maximum absolute atomic E-state index is 11.8. The number of β-amino-alcohol motifs (C(OH)–C–C–N with tert-alkyl or cyclic N) is 1. The van der Waals surface area contributed by atoms with Gasteiger partial charge in [-0.15, -0.1) is 0 Å². The summed E-state index contributed by atoms with van der Waals surface area (Å²) in [5.41, 5.74) is 0.409. The van der Waals surface area contributed by atoms with Crippen LogP contribution in [0.25, 0.3) is 0 Å². The van der Waals surface area contributed by atoms with E-state index in [1.54, 1.807) is 4.90 Å².